The SMILES string of the molecule is CCCCCCCCCCCCCCCCCCCCCCCC(O)C(CO)NC(=O)CCCCCCCCCCCCOC(=O)CCCCCCCCCCCCCCC. The van der Waals surface area contributed by atoms with E-state index in [1.165, 1.54) is 225 Å². The summed E-state index contributed by atoms with van der Waals surface area (Å²) in [7, 11) is 0. The summed E-state index contributed by atoms with van der Waals surface area (Å²) in [6.45, 7) is 4.93. The monoisotopic (exact) mass is 864 g/mol. The van der Waals surface area contributed by atoms with Crippen molar-refractivity contribution >= 4 is 11.9 Å². The van der Waals surface area contributed by atoms with Crippen LogP contribution in [0.2, 0.25) is 0 Å². The number of carbonyl (C=O) groups is 2. The second-order valence-electron chi connectivity index (χ2n) is 19.3. The first kappa shape index (κ1) is 59.9. The molecule has 2 atom stereocenters. The molecule has 0 aromatic carbocycles. The van der Waals surface area contributed by atoms with Gasteiger partial charge in [0.2, 0.25) is 5.91 Å². The quantitative estimate of drug-likeness (QED) is 0.0418. The van der Waals surface area contributed by atoms with Crippen molar-refractivity contribution in [3.8, 4) is 0 Å². The predicted octanol–water partition coefficient (Wildman–Crippen LogP) is 16.7. The van der Waals surface area contributed by atoms with E-state index in [9.17, 15) is 19.8 Å². The van der Waals surface area contributed by atoms with Crippen LogP contribution in [0.4, 0.5) is 0 Å². The molecule has 1 amide bonds. The summed E-state index contributed by atoms with van der Waals surface area (Å²) < 4.78 is 5.46. The van der Waals surface area contributed by atoms with Crippen molar-refractivity contribution in [3.63, 3.8) is 0 Å². The van der Waals surface area contributed by atoms with E-state index in [4.69, 9.17) is 4.74 Å². The minimum absolute atomic E-state index is 0.0159. The lowest BCUT2D eigenvalue weighted by atomic mass is 10.0. The van der Waals surface area contributed by atoms with Gasteiger partial charge in [-0.25, -0.2) is 0 Å². The molecule has 0 aromatic rings. The van der Waals surface area contributed by atoms with Crippen LogP contribution in [0.3, 0.4) is 0 Å². The smallest absolute Gasteiger partial charge is 0.305 e. The van der Waals surface area contributed by atoms with Gasteiger partial charge in [0, 0.05) is 12.8 Å². The van der Waals surface area contributed by atoms with Crippen molar-refractivity contribution in [3.05, 3.63) is 0 Å². The van der Waals surface area contributed by atoms with Gasteiger partial charge in [0.05, 0.1) is 25.4 Å². The summed E-state index contributed by atoms with van der Waals surface area (Å²) in [5, 5.41) is 23.3. The van der Waals surface area contributed by atoms with Crippen molar-refractivity contribution in [1.29, 1.82) is 0 Å². The number of hydrogen-bond acceptors (Lipinski definition) is 5. The molecule has 0 radical (unpaired) electrons. The minimum atomic E-state index is -0.678. The molecule has 0 spiro atoms. The Labute approximate surface area is 381 Å². The second kappa shape index (κ2) is 51.5. The highest BCUT2D eigenvalue weighted by atomic mass is 16.5. The Morgan fingerprint density at radius 3 is 1.00 bits per heavy atom. The molecule has 2 unspecified atom stereocenters. The van der Waals surface area contributed by atoms with Gasteiger partial charge in [0.1, 0.15) is 0 Å². The number of unbranched alkanes of at least 4 members (excludes halogenated alkanes) is 41. The molecule has 0 aliphatic rings. The van der Waals surface area contributed by atoms with Crippen molar-refractivity contribution in [2.24, 2.45) is 0 Å². The molecular formula is C55H109NO5. The van der Waals surface area contributed by atoms with Gasteiger partial charge in [0.15, 0.2) is 0 Å². The zero-order valence-corrected chi connectivity index (χ0v) is 41.4. The van der Waals surface area contributed by atoms with E-state index in [-0.39, 0.29) is 18.5 Å². The molecule has 0 saturated carbocycles. The maximum Gasteiger partial charge on any atom is 0.305 e. The Morgan fingerprint density at radius 1 is 0.393 bits per heavy atom. The maximum absolute atomic E-state index is 12.5. The number of carbonyl (C=O) groups excluding carboxylic acids is 2. The highest BCUT2D eigenvalue weighted by molar-refractivity contribution is 5.76. The number of aliphatic hydroxyl groups is 2. The molecule has 61 heavy (non-hydrogen) atoms. The van der Waals surface area contributed by atoms with Gasteiger partial charge in [-0.05, 0) is 25.7 Å². The molecule has 3 N–H and O–H groups in total. The van der Waals surface area contributed by atoms with Crippen molar-refractivity contribution in [1.82, 2.24) is 5.32 Å². The molecule has 0 aliphatic heterocycles. The Kier molecular flexibility index (Phi) is 50.5. The fourth-order valence-electron chi connectivity index (χ4n) is 8.88. The zero-order chi connectivity index (χ0) is 44.4. The van der Waals surface area contributed by atoms with E-state index in [0.717, 1.165) is 57.8 Å². The van der Waals surface area contributed by atoms with E-state index >= 15 is 0 Å². The number of nitrogens with one attached hydrogen (secondary N) is 1. The summed E-state index contributed by atoms with van der Waals surface area (Å²) in [5.41, 5.74) is 0. The standard InChI is InChI=1S/C55H109NO5/c1-3-5-7-9-11-13-15-17-18-19-20-21-22-23-24-26-27-31-35-39-43-47-53(58)52(51-57)56-54(59)48-44-40-36-32-29-30-34-38-42-46-50-61-55(60)49-45-41-37-33-28-25-16-14-12-10-8-6-4-2/h52-53,57-58H,3-51H2,1-2H3,(H,56,59). The van der Waals surface area contributed by atoms with Crippen LogP contribution in [-0.2, 0) is 14.3 Å². The van der Waals surface area contributed by atoms with Gasteiger partial charge >= 0.3 is 5.97 Å². The van der Waals surface area contributed by atoms with Crippen LogP contribution >= 0.6 is 0 Å². The second-order valence-corrected chi connectivity index (χ2v) is 19.3. The Bertz CT molecular complexity index is 867. The summed E-state index contributed by atoms with van der Waals surface area (Å²) in [5.74, 6) is -0.0695. The molecule has 0 fully saturated rings. The Morgan fingerprint density at radius 2 is 0.672 bits per heavy atom. The Hall–Kier alpha value is -1.14. The fraction of sp³-hybridized carbons (Fsp3) is 0.964. The molecular weight excluding hydrogens is 755 g/mol. The van der Waals surface area contributed by atoms with Crippen molar-refractivity contribution in [2.45, 2.75) is 328 Å². The molecule has 0 heterocycles. The highest BCUT2D eigenvalue weighted by Gasteiger charge is 2.20. The molecule has 0 aromatic heterocycles. The van der Waals surface area contributed by atoms with E-state index in [1.807, 2.05) is 0 Å². The first-order chi connectivity index (χ1) is 30.0. The lowest BCUT2D eigenvalue weighted by molar-refractivity contribution is -0.143. The highest BCUT2D eigenvalue weighted by Crippen LogP contribution is 2.18. The van der Waals surface area contributed by atoms with E-state index < -0.39 is 12.1 Å². The van der Waals surface area contributed by atoms with Gasteiger partial charge in [-0.3, -0.25) is 9.59 Å². The lowest BCUT2D eigenvalue weighted by Gasteiger charge is -2.22. The first-order valence-corrected chi connectivity index (χ1v) is 27.8. The molecule has 6 nitrogen and oxygen atoms in total. The van der Waals surface area contributed by atoms with E-state index in [2.05, 4.69) is 19.2 Å². The summed E-state index contributed by atoms with van der Waals surface area (Å²) in [6.07, 6.45) is 57.9. The number of amides is 1. The average molecular weight is 864 g/mol. The number of aliphatic hydroxyl groups excluding tert-OH is 2. The molecule has 0 rings (SSSR count). The topological polar surface area (TPSA) is 95.9 Å². The normalized spacial score (nSPS) is 12.5. The lowest BCUT2D eigenvalue weighted by Crippen LogP contribution is -2.45. The molecule has 0 saturated heterocycles. The summed E-state index contributed by atoms with van der Waals surface area (Å²) >= 11 is 0. The van der Waals surface area contributed by atoms with Crippen molar-refractivity contribution < 1.29 is 24.5 Å². The Balaban J connectivity index is 3.46. The van der Waals surface area contributed by atoms with E-state index in [0.29, 0.717) is 25.9 Å². The third-order valence-electron chi connectivity index (χ3n) is 13.2. The summed E-state index contributed by atoms with van der Waals surface area (Å²) in [6, 6.07) is -0.557. The number of esters is 1. The average Bonchev–Trinajstić information content (AvgIpc) is 3.26. The maximum atomic E-state index is 12.5. The molecule has 6 heteroatoms. The third-order valence-corrected chi connectivity index (χ3v) is 13.2. The predicted molar refractivity (Wildman–Crippen MR) is 264 cm³/mol. The van der Waals surface area contributed by atoms with Gasteiger partial charge in [0.25, 0.3) is 0 Å². The summed E-state index contributed by atoms with van der Waals surface area (Å²) in [4.78, 5) is 24.5. The number of hydrogen-bond donors (Lipinski definition) is 3. The number of rotatable bonds is 52. The fourth-order valence-corrected chi connectivity index (χ4v) is 8.88. The molecule has 0 bridgehead atoms. The molecule has 0 aliphatic carbocycles. The largest absolute Gasteiger partial charge is 0.466 e. The van der Waals surface area contributed by atoms with Crippen LogP contribution in [0, 0.1) is 0 Å². The van der Waals surface area contributed by atoms with Crippen LogP contribution < -0.4 is 5.32 Å². The first-order valence-electron chi connectivity index (χ1n) is 27.8. The van der Waals surface area contributed by atoms with Gasteiger partial charge in [-0.2, -0.15) is 0 Å². The van der Waals surface area contributed by atoms with Crippen LogP contribution in [-0.4, -0.2) is 47.4 Å². The van der Waals surface area contributed by atoms with Crippen LogP contribution in [0.15, 0.2) is 0 Å². The third kappa shape index (κ3) is 48.2. The number of ether oxygens (including phenoxy) is 1. The van der Waals surface area contributed by atoms with Gasteiger partial charge < -0.3 is 20.3 Å². The van der Waals surface area contributed by atoms with Gasteiger partial charge in [-0.15, -0.1) is 0 Å². The molecule has 364 valence electrons. The van der Waals surface area contributed by atoms with Gasteiger partial charge in [-0.1, -0.05) is 277 Å². The van der Waals surface area contributed by atoms with Crippen LogP contribution in [0.25, 0.3) is 0 Å². The zero-order valence-electron chi connectivity index (χ0n) is 41.4. The van der Waals surface area contributed by atoms with Crippen LogP contribution in [0.5, 0.6) is 0 Å². The van der Waals surface area contributed by atoms with Crippen molar-refractivity contribution in [2.75, 3.05) is 13.2 Å². The van der Waals surface area contributed by atoms with E-state index in [1.54, 1.807) is 0 Å². The van der Waals surface area contributed by atoms with Crippen LogP contribution in [0.1, 0.15) is 316 Å². The minimum Gasteiger partial charge on any atom is -0.466 e.